The van der Waals surface area contributed by atoms with Gasteiger partial charge in [0.1, 0.15) is 6.33 Å². The van der Waals surface area contributed by atoms with Gasteiger partial charge in [0.2, 0.25) is 5.91 Å². The van der Waals surface area contributed by atoms with Crippen LogP contribution in [0.4, 0.5) is 10.5 Å². The van der Waals surface area contributed by atoms with Gasteiger partial charge in [-0.1, -0.05) is 35.3 Å². The van der Waals surface area contributed by atoms with Gasteiger partial charge >= 0.3 is 6.09 Å². The van der Waals surface area contributed by atoms with Crippen molar-refractivity contribution in [1.29, 1.82) is 0 Å². The van der Waals surface area contributed by atoms with Crippen LogP contribution in [0.5, 0.6) is 0 Å². The third-order valence-corrected chi connectivity index (χ3v) is 7.55. The number of methoxy groups -OCH3 is 1. The Labute approximate surface area is 257 Å². The SMILES string of the molecule is COC(=O)Nc1ccc(-c2cc([C@H](CC3CCCNC3)NC(=O)C=Cc3cc(Cl)ccc3-n3cnnn3)nnc2Cl)cc1. The molecule has 3 N–H and O–H groups in total. The van der Waals surface area contributed by atoms with Crippen molar-refractivity contribution < 1.29 is 14.3 Å². The molecule has 1 aliphatic rings. The normalized spacial score (nSPS) is 15.7. The molecule has 0 saturated carbocycles. The Morgan fingerprint density at radius 2 is 2.00 bits per heavy atom. The van der Waals surface area contributed by atoms with Crippen molar-refractivity contribution in [2.75, 3.05) is 25.5 Å². The molecule has 14 heteroatoms. The monoisotopic (exact) mass is 621 g/mol. The molecule has 1 unspecified atom stereocenters. The van der Waals surface area contributed by atoms with E-state index in [9.17, 15) is 9.59 Å². The Balaban J connectivity index is 1.39. The number of ether oxygens (including phenoxy) is 1. The Morgan fingerprint density at radius 1 is 1.16 bits per heavy atom. The second-order valence-electron chi connectivity index (χ2n) is 9.97. The Kier molecular flexibility index (Phi) is 9.92. The summed E-state index contributed by atoms with van der Waals surface area (Å²) >= 11 is 12.7. The Morgan fingerprint density at radius 3 is 2.72 bits per heavy atom. The van der Waals surface area contributed by atoms with Crippen molar-refractivity contribution in [2.24, 2.45) is 5.92 Å². The molecule has 222 valence electrons. The van der Waals surface area contributed by atoms with Crippen LogP contribution in [0.2, 0.25) is 10.2 Å². The number of amides is 2. The summed E-state index contributed by atoms with van der Waals surface area (Å²) in [6.45, 7) is 1.83. The van der Waals surface area contributed by atoms with Crippen LogP contribution in [0, 0.1) is 5.92 Å². The number of aromatic nitrogens is 6. The van der Waals surface area contributed by atoms with Crippen molar-refractivity contribution in [2.45, 2.75) is 25.3 Å². The molecule has 4 aromatic rings. The number of anilines is 1. The molecule has 0 aliphatic carbocycles. The molecule has 43 heavy (non-hydrogen) atoms. The largest absolute Gasteiger partial charge is 0.453 e. The molecule has 2 aromatic carbocycles. The molecule has 2 amide bonds. The lowest BCUT2D eigenvalue weighted by Crippen LogP contribution is -2.35. The number of carbonyl (C=O) groups excluding carboxylic acids is 2. The number of halogens is 2. The Hall–Kier alpha value is -4.39. The van der Waals surface area contributed by atoms with Crippen molar-refractivity contribution in [3.05, 3.63) is 82.4 Å². The second kappa shape index (κ2) is 14.2. The number of carbonyl (C=O) groups is 2. The third kappa shape index (κ3) is 7.92. The first-order valence-electron chi connectivity index (χ1n) is 13.6. The summed E-state index contributed by atoms with van der Waals surface area (Å²) in [5.74, 6) is 0.0277. The van der Waals surface area contributed by atoms with Crippen LogP contribution in [0.25, 0.3) is 22.9 Å². The summed E-state index contributed by atoms with van der Waals surface area (Å²) in [5.41, 5.74) is 3.92. The van der Waals surface area contributed by atoms with Gasteiger partial charge in [-0.25, -0.2) is 4.79 Å². The van der Waals surface area contributed by atoms with E-state index in [1.807, 2.05) is 18.2 Å². The highest BCUT2D eigenvalue weighted by atomic mass is 35.5. The van der Waals surface area contributed by atoms with Gasteiger partial charge < -0.3 is 15.4 Å². The fourth-order valence-corrected chi connectivity index (χ4v) is 5.29. The van der Waals surface area contributed by atoms with E-state index in [2.05, 4.69) is 46.4 Å². The lowest BCUT2D eigenvalue weighted by atomic mass is 9.90. The van der Waals surface area contributed by atoms with Crippen LogP contribution in [-0.2, 0) is 9.53 Å². The third-order valence-electron chi connectivity index (χ3n) is 7.04. The predicted molar refractivity (Wildman–Crippen MR) is 163 cm³/mol. The minimum atomic E-state index is -0.564. The molecule has 1 aliphatic heterocycles. The number of tetrazole rings is 1. The molecule has 1 saturated heterocycles. The Bertz CT molecular complexity index is 1590. The van der Waals surface area contributed by atoms with Gasteiger partial charge in [-0.2, -0.15) is 9.78 Å². The summed E-state index contributed by atoms with van der Waals surface area (Å²) in [5, 5.41) is 29.8. The van der Waals surface area contributed by atoms with Crippen LogP contribution in [-0.4, -0.2) is 62.6 Å². The van der Waals surface area contributed by atoms with E-state index in [1.54, 1.807) is 36.4 Å². The lowest BCUT2D eigenvalue weighted by molar-refractivity contribution is -0.117. The molecule has 0 bridgehead atoms. The smallest absolute Gasteiger partial charge is 0.411 e. The molecule has 5 rings (SSSR count). The molecular weight excluding hydrogens is 593 g/mol. The van der Waals surface area contributed by atoms with Crippen molar-refractivity contribution in [1.82, 2.24) is 41.0 Å². The van der Waals surface area contributed by atoms with E-state index in [0.717, 1.165) is 31.5 Å². The van der Waals surface area contributed by atoms with Crippen LogP contribution < -0.4 is 16.0 Å². The molecule has 0 spiro atoms. The fraction of sp³-hybridized carbons (Fsp3) is 0.276. The number of piperidine rings is 1. The first-order chi connectivity index (χ1) is 20.9. The quantitative estimate of drug-likeness (QED) is 0.223. The number of nitrogens with one attached hydrogen (secondary N) is 3. The van der Waals surface area contributed by atoms with Crippen LogP contribution in [0.15, 0.2) is 60.9 Å². The first kappa shape index (κ1) is 30.1. The van der Waals surface area contributed by atoms with Gasteiger partial charge in [0.15, 0.2) is 5.15 Å². The maximum absolute atomic E-state index is 13.3. The highest BCUT2D eigenvalue weighted by Crippen LogP contribution is 2.31. The minimum Gasteiger partial charge on any atom is -0.453 e. The highest BCUT2D eigenvalue weighted by Gasteiger charge is 2.24. The van der Waals surface area contributed by atoms with Crippen molar-refractivity contribution in [3.63, 3.8) is 0 Å². The number of hydrogen-bond acceptors (Lipinski definition) is 9. The maximum Gasteiger partial charge on any atom is 0.411 e. The molecule has 2 aromatic heterocycles. The summed E-state index contributed by atoms with van der Waals surface area (Å²) in [6, 6.07) is 13.7. The van der Waals surface area contributed by atoms with Crippen LogP contribution in [0.1, 0.15) is 36.6 Å². The van der Waals surface area contributed by atoms with Gasteiger partial charge in [0, 0.05) is 27.9 Å². The van der Waals surface area contributed by atoms with Gasteiger partial charge in [-0.15, -0.1) is 10.2 Å². The van der Waals surface area contributed by atoms with Gasteiger partial charge in [-0.05, 0) is 96.7 Å². The average molecular weight is 623 g/mol. The lowest BCUT2D eigenvalue weighted by Gasteiger charge is -2.27. The predicted octanol–water partition coefficient (Wildman–Crippen LogP) is 4.86. The molecular formula is C29H29Cl2N9O3. The van der Waals surface area contributed by atoms with Gasteiger partial charge in [0.05, 0.1) is 24.5 Å². The number of benzene rings is 2. The number of nitrogens with zero attached hydrogens (tertiary/aromatic N) is 6. The van der Waals surface area contributed by atoms with Gasteiger partial charge in [0.25, 0.3) is 0 Å². The fourth-order valence-electron chi connectivity index (χ4n) is 4.90. The highest BCUT2D eigenvalue weighted by molar-refractivity contribution is 6.32. The van der Waals surface area contributed by atoms with Crippen molar-refractivity contribution >= 4 is 47.0 Å². The molecule has 2 atom stereocenters. The number of rotatable bonds is 9. The zero-order chi connectivity index (χ0) is 30.2. The van der Waals surface area contributed by atoms with E-state index in [1.165, 1.54) is 24.2 Å². The van der Waals surface area contributed by atoms with E-state index in [0.29, 0.717) is 45.6 Å². The molecule has 0 radical (unpaired) electrons. The van der Waals surface area contributed by atoms with Crippen molar-refractivity contribution in [3.8, 4) is 16.8 Å². The van der Waals surface area contributed by atoms with Crippen LogP contribution in [0.3, 0.4) is 0 Å². The standard InChI is InChI=1S/C29H29Cl2N9O3/c1-43-29(42)34-22-8-4-19(5-9-22)23-15-25(36-37-28(23)31)24(13-18-3-2-12-32-16-18)35-27(41)11-6-20-14-21(30)7-10-26(20)40-17-33-38-39-40/h4-11,14-15,17-18,24,32H,2-3,12-13,16H2,1H3,(H,34,42)(H,35,41)/t18?,24-/m0/s1. The van der Waals surface area contributed by atoms with E-state index < -0.39 is 12.1 Å². The van der Waals surface area contributed by atoms with Crippen LogP contribution >= 0.6 is 23.2 Å². The summed E-state index contributed by atoms with van der Waals surface area (Å²) in [4.78, 5) is 24.8. The number of hydrogen-bond donors (Lipinski definition) is 3. The average Bonchev–Trinajstić information content (AvgIpc) is 3.56. The summed E-state index contributed by atoms with van der Waals surface area (Å²) in [7, 11) is 1.30. The van der Waals surface area contributed by atoms with E-state index in [-0.39, 0.29) is 11.1 Å². The van der Waals surface area contributed by atoms with Gasteiger partial charge in [-0.3, -0.25) is 10.1 Å². The first-order valence-corrected chi connectivity index (χ1v) is 14.4. The minimum absolute atomic E-state index is 0.220. The second-order valence-corrected chi connectivity index (χ2v) is 10.8. The zero-order valence-electron chi connectivity index (χ0n) is 23.2. The molecule has 3 heterocycles. The maximum atomic E-state index is 13.3. The topological polar surface area (TPSA) is 149 Å². The summed E-state index contributed by atoms with van der Waals surface area (Å²) < 4.78 is 6.14. The zero-order valence-corrected chi connectivity index (χ0v) is 24.7. The summed E-state index contributed by atoms with van der Waals surface area (Å²) in [6.07, 6.45) is 6.78. The van der Waals surface area contributed by atoms with E-state index >= 15 is 0 Å². The van der Waals surface area contributed by atoms with E-state index in [4.69, 9.17) is 23.2 Å². The molecule has 1 fully saturated rings. The molecule has 12 nitrogen and oxygen atoms in total.